The Morgan fingerprint density at radius 1 is 1.08 bits per heavy atom. The molecule has 0 amide bonds. The van der Waals surface area contributed by atoms with Crippen molar-refractivity contribution in [1.82, 2.24) is 15.3 Å². The summed E-state index contributed by atoms with van der Waals surface area (Å²) in [5.41, 5.74) is 1.40. The minimum absolute atomic E-state index is 0.0997. The van der Waals surface area contributed by atoms with Gasteiger partial charge in [-0.05, 0) is 12.1 Å². The maximum Gasteiger partial charge on any atom is 0.328 e. The van der Waals surface area contributed by atoms with Gasteiger partial charge < -0.3 is 24.4 Å². The van der Waals surface area contributed by atoms with Gasteiger partial charge in [0.1, 0.15) is 0 Å². The van der Waals surface area contributed by atoms with Crippen molar-refractivity contribution in [2.24, 2.45) is 0 Å². The smallest absolute Gasteiger partial charge is 0.328 e. The number of benzene rings is 1. The van der Waals surface area contributed by atoms with Crippen LogP contribution >= 0.6 is 0 Å². The average Bonchev–Trinajstić information content (AvgIpc) is 2.68. The van der Waals surface area contributed by atoms with E-state index in [0.29, 0.717) is 23.1 Å². The van der Waals surface area contributed by atoms with E-state index in [1.807, 2.05) is 6.07 Å². The van der Waals surface area contributed by atoms with Crippen LogP contribution < -0.4 is 24.4 Å². The first-order chi connectivity index (χ1) is 12.2. The first-order valence-corrected chi connectivity index (χ1v) is 7.88. The number of nitriles is 1. The van der Waals surface area contributed by atoms with Gasteiger partial charge in [-0.1, -0.05) is 0 Å². The molecule has 0 radical (unpaired) electrons. The largest absolute Gasteiger partial charge is 0.481 e. The van der Waals surface area contributed by atoms with Gasteiger partial charge in [0, 0.05) is 32.2 Å². The molecule has 1 saturated heterocycles. The fraction of sp³-hybridized carbons (Fsp3) is 0.353. The zero-order valence-electron chi connectivity index (χ0n) is 14.2. The summed E-state index contributed by atoms with van der Waals surface area (Å²) in [6, 6.07) is 9.14. The topological polar surface area (TPSA) is 92.5 Å². The number of nitrogens with one attached hydrogen (secondary N) is 1. The Morgan fingerprint density at radius 3 is 2.36 bits per heavy atom. The van der Waals surface area contributed by atoms with Gasteiger partial charge in [0.15, 0.2) is 5.75 Å². The van der Waals surface area contributed by atoms with Crippen LogP contribution in [-0.4, -0.2) is 50.4 Å². The van der Waals surface area contributed by atoms with E-state index in [1.165, 1.54) is 14.2 Å². The summed E-state index contributed by atoms with van der Waals surface area (Å²) < 4.78 is 16.2. The number of aromatic nitrogens is 2. The highest BCUT2D eigenvalue weighted by molar-refractivity contribution is 5.62. The van der Waals surface area contributed by atoms with E-state index in [4.69, 9.17) is 14.2 Å². The second-order valence-corrected chi connectivity index (χ2v) is 5.37. The lowest BCUT2D eigenvalue weighted by Crippen LogP contribution is -2.43. The second kappa shape index (κ2) is 7.68. The van der Waals surface area contributed by atoms with Crippen LogP contribution in [0.4, 0.5) is 5.69 Å². The van der Waals surface area contributed by atoms with E-state index in [9.17, 15) is 5.26 Å². The molecule has 0 aliphatic carbocycles. The number of ether oxygens (including phenoxy) is 3. The molecule has 0 bridgehead atoms. The van der Waals surface area contributed by atoms with Crippen LogP contribution in [0, 0.1) is 11.3 Å². The van der Waals surface area contributed by atoms with Gasteiger partial charge in [0.2, 0.25) is 11.8 Å². The molecule has 1 aliphatic heterocycles. The molecule has 25 heavy (non-hydrogen) atoms. The molecule has 1 N–H and O–H groups in total. The summed E-state index contributed by atoms with van der Waals surface area (Å²) in [5, 5.41) is 12.5. The van der Waals surface area contributed by atoms with E-state index < -0.39 is 0 Å². The highest BCUT2D eigenvalue weighted by Gasteiger charge is 2.18. The molecule has 8 nitrogen and oxygen atoms in total. The van der Waals surface area contributed by atoms with E-state index in [-0.39, 0.29) is 6.01 Å². The Balaban J connectivity index is 1.96. The summed E-state index contributed by atoms with van der Waals surface area (Å²) in [5.74, 6) is 1.19. The molecule has 0 spiro atoms. The third-order valence-corrected chi connectivity index (χ3v) is 3.82. The van der Waals surface area contributed by atoms with Crippen molar-refractivity contribution in [2.45, 2.75) is 0 Å². The molecule has 2 heterocycles. The van der Waals surface area contributed by atoms with Crippen molar-refractivity contribution in [2.75, 3.05) is 45.3 Å². The highest BCUT2D eigenvalue weighted by Crippen LogP contribution is 2.33. The summed E-state index contributed by atoms with van der Waals surface area (Å²) in [6.07, 6.45) is 0. The van der Waals surface area contributed by atoms with Gasteiger partial charge in [0.05, 0.1) is 37.6 Å². The number of nitrogens with zero attached hydrogens (tertiary/aromatic N) is 4. The minimum atomic E-state index is 0.0997. The lowest BCUT2D eigenvalue weighted by molar-refractivity contribution is 0.348. The lowest BCUT2D eigenvalue weighted by Gasteiger charge is -2.30. The van der Waals surface area contributed by atoms with Crippen molar-refractivity contribution < 1.29 is 14.2 Å². The van der Waals surface area contributed by atoms with Gasteiger partial charge in [-0.3, -0.25) is 0 Å². The molecule has 3 rings (SSSR count). The van der Waals surface area contributed by atoms with Gasteiger partial charge in [-0.15, -0.1) is 0 Å². The Hall–Kier alpha value is -3.05. The van der Waals surface area contributed by atoms with Crippen LogP contribution in [0.3, 0.4) is 0 Å². The van der Waals surface area contributed by atoms with Crippen LogP contribution in [0.25, 0.3) is 0 Å². The molecule has 1 fully saturated rings. The Bertz CT molecular complexity index is 762. The quantitative estimate of drug-likeness (QED) is 0.876. The fourth-order valence-corrected chi connectivity index (χ4v) is 2.57. The molecular weight excluding hydrogens is 322 g/mol. The predicted molar refractivity (Wildman–Crippen MR) is 91.4 cm³/mol. The second-order valence-electron chi connectivity index (χ2n) is 5.37. The number of hydrogen-bond acceptors (Lipinski definition) is 8. The standard InChI is InChI=1S/C17H19N5O3/c1-23-15-10-16(24-2)21-17(20-15)25-14-9-12(11-18)3-4-13(14)22-7-5-19-6-8-22/h3-4,9-10,19H,5-8H2,1-2H3. The monoisotopic (exact) mass is 341 g/mol. The predicted octanol–water partition coefficient (Wildman–Crippen LogP) is 1.57. The molecule has 0 saturated carbocycles. The third-order valence-electron chi connectivity index (χ3n) is 3.82. The average molecular weight is 341 g/mol. The zero-order valence-corrected chi connectivity index (χ0v) is 14.2. The van der Waals surface area contributed by atoms with Crippen molar-refractivity contribution in [3.8, 4) is 29.6 Å². The van der Waals surface area contributed by atoms with Crippen LogP contribution in [-0.2, 0) is 0 Å². The summed E-state index contributed by atoms with van der Waals surface area (Å²) >= 11 is 0. The van der Waals surface area contributed by atoms with E-state index >= 15 is 0 Å². The molecule has 2 aromatic rings. The first-order valence-electron chi connectivity index (χ1n) is 7.88. The summed E-state index contributed by atoms with van der Waals surface area (Å²) in [7, 11) is 3.02. The molecule has 1 aliphatic rings. The van der Waals surface area contributed by atoms with E-state index in [1.54, 1.807) is 18.2 Å². The Kier molecular flexibility index (Phi) is 5.16. The van der Waals surface area contributed by atoms with Gasteiger partial charge >= 0.3 is 6.01 Å². The molecule has 1 aromatic heterocycles. The van der Waals surface area contributed by atoms with Gasteiger partial charge in [-0.25, -0.2) is 0 Å². The Labute approximate surface area is 146 Å². The van der Waals surface area contributed by atoms with Crippen molar-refractivity contribution in [1.29, 1.82) is 5.26 Å². The number of piperazine rings is 1. The van der Waals surface area contributed by atoms with E-state index in [2.05, 4.69) is 26.3 Å². The Morgan fingerprint density at radius 2 is 1.76 bits per heavy atom. The minimum Gasteiger partial charge on any atom is -0.481 e. The number of anilines is 1. The van der Waals surface area contributed by atoms with Gasteiger partial charge in [0.25, 0.3) is 0 Å². The van der Waals surface area contributed by atoms with Crippen LogP contribution in [0.1, 0.15) is 5.56 Å². The molecule has 1 aromatic carbocycles. The number of rotatable bonds is 5. The SMILES string of the molecule is COc1cc(OC)nc(Oc2cc(C#N)ccc2N2CCNCC2)n1. The molecule has 130 valence electrons. The van der Waals surface area contributed by atoms with Crippen molar-refractivity contribution >= 4 is 5.69 Å². The normalized spacial score (nSPS) is 13.9. The maximum atomic E-state index is 9.19. The molecule has 0 atom stereocenters. The van der Waals surface area contributed by atoms with Crippen LogP contribution in [0.2, 0.25) is 0 Å². The highest BCUT2D eigenvalue weighted by atomic mass is 16.5. The van der Waals surface area contributed by atoms with Crippen molar-refractivity contribution in [3.63, 3.8) is 0 Å². The summed E-state index contributed by atoms with van der Waals surface area (Å²) in [6.45, 7) is 3.49. The zero-order chi connectivity index (χ0) is 17.6. The lowest BCUT2D eigenvalue weighted by atomic mass is 10.1. The fourth-order valence-electron chi connectivity index (χ4n) is 2.57. The number of hydrogen-bond donors (Lipinski definition) is 1. The first kappa shape index (κ1) is 16.8. The van der Waals surface area contributed by atoms with Crippen LogP contribution in [0.15, 0.2) is 24.3 Å². The van der Waals surface area contributed by atoms with Crippen molar-refractivity contribution in [3.05, 3.63) is 29.8 Å². The molecule has 0 unspecified atom stereocenters. The summed E-state index contributed by atoms with van der Waals surface area (Å²) in [4.78, 5) is 10.6. The van der Waals surface area contributed by atoms with Crippen LogP contribution in [0.5, 0.6) is 23.5 Å². The van der Waals surface area contributed by atoms with Gasteiger partial charge in [-0.2, -0.15) is 15.2 Å². The third kappa shape index (κ3) is 3.89. The maximum absolute atomic E-state index is 9.19. The van der Waals surface area contributed by atoms with E-state index in [0.717, 1.165) is 31.9 Å². The molecular formula is C17H19N5O3. The molecule has 8 heteroatoms. The number of methoxy groups -OCH3 is 2.